The number of aromatic nitrogens is 1. The van der Waals surface area contributed by atoms with Crippen LogP contribution in [0.25, 0.3) is 0 Å². The molecule has 0 amide bonds. The predicted molar refractivity (Wildman–Crippen MR) is 89.0 cm³/mol. The maximum absolute atomic E-state index is 6.04. The van der Waals surface area contributed by atoms with Gasteiger partial charge in [0.1, 0.15) is 5.15 Å². The van der Waals surface area contributed by atoms with E-state index < -0.39 is 0 Å². The summed E-state index contributed by atoms with van der Waals surface area (Å²) in [6.07, 6.45) is 3.86. The number of benzene rings is 1. The van der Waals surface area contributed by atoms with Crippen molar-refractivity contribution >= 4 is 23.2 Å². The van der Waals surface area contributed by atoms with Crippen LogP contribution in [-0.4, -0.2) is 23.1 Å². The lowest BCUT2D eigenvalue weighted by Crippen LogP contribution is -2.33. The summed E-state index contributed by atoms with van der Waals surface area (Å²) in [7, 11) is 0. The first-order chi connectivity index (χ1) is 10.7. The highest BCUT2D eigenvalue weighted by Crippen LogP contribution is 2.29. The predicted octanol–water partition coefficient (Wildman–Crippen LogP) is 4.70. The number of rotatable bonds is 4. The third kappa shape index (κ3) is 3.99. The van der Waals surface area contributed by atoms with E-state index in [4.69, 9.17) is 28.0 Å². The maximum Gasteiger partial charge on any atom is 0.134 e. The van der Waals surface area contributed by atoms with E-state index in [2.05, 4.69) is 17.1 Å². The Hall–Kier alpha value is -1.13. The monoisotopic (exact) mass is 336 g/mol. The molecule has 5 heteroatoms. The van der Waals surface area contributed by atoms with Crippen molar-refractivity contribution in [3.63, 3.8) is 0 Å². The zero-order valence-corrected chi connectivity index (χ0v) is 13.7. The van der Waals surface area contributed by atoms with Crippen LogP contribution in [0.2, 0.25) is 10.2 Å². The average Bonchev–Trinajstić information content (AvgIpc) is 2.55. The van der Waals surface area contributed by atoms with Gasteiger partial charge in [0.25, 0.3) is 0 Å². The number of hydrogen-bond donors (Lipinski definition) is 0. The van der Waals surface area contributed by atoms with E-state index in [-0.39, 0.29) is 0 Å². The first kappa shape index (κ1) is 15.8. The zero-order valence-electron chi connectivity index (χ0n) is 12.2. The summed E-state index contributed by atoms with van der Waals surface area (Å²) in [6, 6.07) is 12.0. The molecule has 1 aromatic carbocycles. The Kier molecular flexibility index (Phi) is 5.32. The first-order valence-electron chi connectivity index (χ1n) is 7.45. The van der Waals surface area contributed by atoms with E-state index >= 15 is 0 Å². The number of halogens is 2. The van der Waals surface area contributed by atoms with Gasteiger partial charge in [0.05, 0.1) is 6.61 Å². The molecule has 0 bridgehead atoms. The highest BCUT2D eigenvalue weighted by Gasteiger charge is 2.21. The normalized spacial score (nSPS) is 16.8. The summed E-state index contributed by atoms with van der Waals surface area (Å²) in [5, 5.41) is 3.33. The van der Waals surface area contributed by atoms with Crippen molar-refractivity contribution in [1.29, 1.82) is 0 Å². The molecule has 3 rings (SSSR count). The third-order valence-corrected chi connectivity index (χ3v) is 4.63. The van der Waals surface area contributed by atoms with Gasteiger partial charge in [-0.1, -0.05) is 41.4 Å². The van der Waals surface area contributed by atoms with Gasteiger partial charge in [-0.3, -0.25) is 4.84 Å². The van der Waals surface area contributed by atoms with Gasteiger partial charge < -0.3 is 0 Å². The molecule has 1 aliphatic rings. The van der Waals surface area contributed by atoms with Crippen molar-refractivity contribution in [2.24, 2.45) is 0 Å². The maximum atomic E-state index is 6.04. The molecular weight excluding hydrogens is 319 g/mol. The molecule has 1 fully saturated rings. The molecule has 3 nitrogen and oxygen atoms in total. The van der Waals surface area contributed by atoms with Crippen molar-refractivity contribution < 1.29 is 4.84 Å². The van der Waals surface area contributed by atoms with Crippen molar-refractivity contribution in [2.75, 3.05) is 13.1 Å². The second kappa shape index (κ2) is 7.42. The SMILES string of the molecule is Clc1ccc(C2CCN(OCc3cccnc3Cl)CC2)cc1. The smallest absolute Gasteiger partial charge is 0.134 e. The molecule has 0 saturated carbocycles. The molecule has 1 aliphatic heterocycles. The van der Waals surface area contributed by atoms with Gasteiger partial charge in [0, 0.05) is 29.9 Å². The molecule has 1 saturated heterocycles. The van der Waals surface area contributed by atoms with Crippen molar-refractivity contribution in [3.8, 4) is 0 Å². The van der Waals surface area contributed by atoms with Gasteiger partial charge in [-0.15, -0.1) is 0 Å². The standard InChI is InChI=1S/C17H18Cl2N2O/c18-16-5-3-13(4-6-16)14-7-10-21(11-8-14)22-12-15-2-1-9-20-17(15)19/h1-6,9,14H,7-8,10-12H2. The quantitative estimate of drug-likeness (QED) is 0.756. The average molecular weight is 337 g/mol. The van der Waals surface area contributed by atoms with E-state index in [1.165, 1.54) is 5.56 Å². The number of piperidine rings is 1. The Bertz CT molecular complexity index is 610. The van der Waals surface area contributed by atoms with Gasteiger partial charge in [-0.2, -0.15) is 5.06 Å². The topological polar surface area (TPSA) is 25.4 Å². The molecule has 2 aromatic rings. The number of hydroxylamine groups is 2. The molecule has 1 aromatic heterocycles. The van der Waals surface area contributed by atoms with E-state index in [0.717, 1.165) is 36.5 Å². The second-order valence-corrected chi connectivity index (χ2v) is 6.28. The van der Waals surface area contributed by atoms with E-state index in [9.17, 15) is 0 Å². The zero-order chi connectivity index (χ0) is 15.4. The Labute approximate surface area is 140 Å². The molecule has 0 aliphatic carbocycles. The van der Waals surface area contributed by atoms with Crippen LogP contribution in [0.5, 0.6) is 0 Å². The molecular formula is C17H18Cl2N2O. The minimum atomic E-state index is 0.471. The van der Waals surface area contributed by atoms with Crippen LogP contribution >= 0.6 is 23.2 Å². The molecule has 0 radical (unpaired) electrons. The fourth-order valence-corrected chi connectivity index (χ4v) is 3.04. The fourth-order valence-electron chi connectivity index (χ4n) is 2.74. The van der Waals surface area contributed by atoms with Gasteiger partial charge in [-0.25, -0.2) is 4.98 Å². The van der Waals surface area contributed by atoms with Crippen molar-refractivity contribution in [2.45, 2.75) is 25.4 Å². The van der Waals surface area contributed by atoms with Crippen LogP contribution in [0.1, 0.15) is 29.9 Å². The minimum absolute atomic E-state index is 0.471. The first-order valence-corrected chi connectivity index (χ1v) is 8.20. The Morgan fingerprint density at radius 2 is 1.82 bits per heavy atom. The Morgan fingerprint density at radius 1 is 1.09 bits per heavy atom. The van der Waals surface area contributed by atoms with Crippen molar-refractivity contribution in [1.82, 2.24) is 10.0 Å². The van der Waals surface area contributed by atoms with Crippen LogP contribution in [0.4, 0.5) is 0 Å². The summed E-state index contributed by atoms with van der Waals surface area (Å²) in [5.41, 5.74) is 2.28. The van der Waals surface area contributed by atoms with Crippen LogP contribution in [0.3, 0.4) is 0 Å². The van der Waals surface area contributed by atoms with Crippen LogP contribution in [0.15, 0.2) is 42.6 Å². The van der Waals surface area contributed by atoms with E-state index in [1.54, 1.807) is 6.20 Å². The third-order valence-electron chi connectivity index (χ3n) is 4.03. The highest BCUT2D eigenvalue weighted by molar-refractivity contribution is 6.30. The lowest BCUT2D eigenvalue weighted by Gasteiger charge is -2.31. The van der Waals surface area contributed by atoms with Crippen LogP contribution in [-0.2, 0) is 11.4 Å². The molecule has 0 unspecified atom stereocenters. The summed E-state index contributed by atoms with van der Waals surface area (Å²) in [4.78, 5) is 9.90. The summed E-state index contributed by atoms with van der Waals surface area (Å²) in [6.45, 7) is 2.31. The molecule has 0 atom stereocenters. The van der Waals surface area contributed by atoms with E-state index in [0.29, 0.717) is 17.7 Å². The van der Waals surface area contributed by atoms with Crippen molar-refractivity contribution in [3.05, 3.63) is 63.9 Å². The largest absolute Gasteiger partial charge is 0.294 e. The van der Waals surface area contributed by atoms with Crippen LogP contribution < -0.4 is 0 Å². The summed E-state index contributed by atoms with van der Waals surface area (Å²) in [5.74, 6) is 0.582. The van der Waals surface area contributed by atoms with Gasteiger partial charge in [0.2, 0.25) is 0 Å². The molecule has 116 valence electrons. The molecule has 2 heterocycles. The lowest BCUT2D eigenvalue weighted by molar-refractivity contribution is -0.180. The van der Waals surface area contributed by atoms with Gasteiger partial charge >= 0.3 is 0 Å². The molecule has 22 heavy (non-hydrogen) atoms. The molecule has 0 N–H and O–H groups in total. The summed E-state index contributed by atoms with van der Waals surface area (Å²) >= 11 is 12.0. The molecule has 0 spiro atoms. The second-order valence-electron chi connectivity index (χ2n) is 5.48. The Morgan fingerprint density at radius 3 is 2.50 bits per heavy atom. The summed E-state index contributed by atoms with van der Waals surface area (Å²) < 4.78 is 0. The minimum Gasteiger partial charge on any atom is -0.294 e. The lowest BCUT2D eigenvalue weighted by atomic mass is 9.90. The van der Waals surface area contributed by atoms with Crippen LogP contribution in [0, 0.1) is 0 Å². The fraction of sp³-hybridized carbons (Fsp3) is 0.353. The van der Waals surface area contributed by atoms with E-state index in [1.807, 2.05) is 29.3 Å². The number of nitrogens with zero attached hydrogens (tertiary/aromatic N) is 2. The number of hydrogen-bond acceptors (Lipinski definition) is 3. The highest BCUT2D eigenvalue weighted by atomic mass is 35.5. The number of pyridine rings is 1. The van der Waals surface area contributed by atoms with Gasteiger partial charge in [0.15, 0.2) is 0 Å². The Balaban J connectivity index is 1.49. The van der Waals surface area contributed by atoms with Gasteiger partial charge in [-0.05, 0) is 42.5 Å².